The lowest BCUT2D eigenvalue weighted by Crippen LogP contribution is -2.51. The van der Waals surface area contributed by atoms with Crippen molar-refractivity contribution in [1.82, 2.24) is 0 Å². The predicted molar refractivity (Wildman–Crippen MR) is 61.5 cm³/mol. The number of carboxylic acid groups (broad SMARTS) is 1. The molecule has 3 heteroatoms. The van der Waals surface area contributed by atoms with E-state index in [4.69, 9.17) is 0 Å². The second-order valence-electron chi connectivity index (χ2n) is 4.89. The number of aliphatic carboxylic acids is 1. The monoisotopic (exact) mass is 217 g/mol. The van der Waals surface area contributed by atoms with Crippen LogP contribution in [0.25, 0.3) is 0 Å². The zero-order chi connectivity index (χ0) is 11.2. The number of nitrogens with zero attached hydrogens (tertiary/aromatic N) is 1. The largest absolute Gasteiger partial charge is 0.479 e. The van der Waals surface area contributed by atoms with Crippen molar-refractivity contribution in [3.63, 3.8) is 0 Å². The Labute approximate surface area is 94.7 Å². The van der Waals surface area contributed by atoms with E-state index in [1.54, 1.807) is 0 Å². The van der Waals surface area contributed by atoms with Crippen LogP contribution < -0.4 is 4.90 Å². The molecule has 1 N–H and O–H groups in total. The summed E-state index contributed by atoms with van der Waals surface area (Å²) in [6.45, 7) is 0.899. The number of carboxylic acids is 1. The maximum Gasteiger partial charge on any atom is 0.329 e. The average Bonchev–Trinajstić information content (AvgIpc) is 2.89. The summed E-state index contributed by atoms with van der Waals surface area (Å²) in [5, 5.41) is 9.48. The van der Waals surface area contributed by atoms with Crippen molar-refractivity contribution in [2.45, 2.75) is 24.8 Å². The molecule has 2 bridgehead atoms. The molecule has 2 fully saturated rings. The normalized spacial score (nSPS) is 32.0. The summed E-state index contributed by atoms with van der Waals surface area (Å²) >= 11 is 0. The van der Waals surface area contributed by atoms with Crippen LogP contribution in [0.4, 0.5) is 5.69 Å². The standard InChI is InChI=1S/C13H15NO2/c15-12(16)13-7-6-10(8-13)9-14(13)11-4-2-1-3-5-11/h1-5,10H,6-9H2,(H,15,16). The molecule has 1 heterocycles. The van der Waals surface area contributed by atoms with Crippen molar-refractivity contribution in [2.75, 3.05) is 11.4 Å². The van der Waals surface area contributed by atoms with Crippen molar-refractivity contribution in [3.05, 3.63) is 30.3 Å². The maximum absolute atomic E-state index is 11.5. The molecule has 1 aliphatic heterocycles. The Morgan fingerprint density at radius 2 is 2.12 bits per heavy atom. The number of hydrogen-bond acceptors (Lipinski definition) is 2. The van der Waals surface area contributed by atoms with Crippen LogP contribution >= 0.6 is 0 Å². The second-order valence-corrected chi connectivity index (χ2v) is 4.89. The van der Waals surface area contributed by atoms with Gasteiger partial charge in [-0.2, -0.15) is 0 Å². The second kappa shape index (κ2) is 3.24. The minimum Gasteiger partial charge on any atom is -0.479 e. The number of rotatable bonds is 2. The van der Waals surface area contributed by atoms with Gasteiger partial charge in [-0.1, -0.05) is 18.2 Å². The number of fused-ring (bicyclic) bond motifs is 2. The van der Waals surface area contributed by atoms with Gasteiger partial charge in [-0.15, -0.1) is 0 Å². The molecule has 3 rings (SSSR count). The lowest BCUT2D eigenvalue weighted by atomic mass is 9.96. The van der Waals surface area contributed by atoms with Gasteiger partial charge in [-0.3, -0.25) is 0 Å². The predicted octanol–water partition coefficient (Wildman–Crippen LogP) is 2.13. The number of benzene rings is 1. The molecule has 84 valence electrons. The van der Waals surface area contributed by atoms with E-state index >= 15 is 0 Å². The van der Waals surface area contributed by atoms with Gasteiger partial charge in [0.05, 0.1) is 0 Å². The topological polar surface area (TPSA) is 40.5 Å². The minimum atomic E-state index is -0.656. The van der Waals surface area contributed by atoms with E-state index in [0.717, 1.165) is 31.5 Å². The molecule has 16 heavy (non-hydrogen) atoms. The zero-order valence-corrected chi connectivity index (χ0v) is 9.10. The third-order valence-electron chi connectivity index (χ3n) is 4.02. The molecular weight excluding hydrogens is 202 g/mol. The van der Waals surface area contributed by atoms with Gasteiger partial charge >= 0.3 is 5.97 Å². The van der Waals surface area contributed by atoms with Crippen LogP contribution in [-0.2, 0) is 4.79 Å². The maximum atomic E-state index is 11.5. The summed E-state index contributed by atoms with van der Waals surface area (Å²) in [6.07, 6.45) is 2.68. The first-order valence-electron chi connectivity index (χ1n) is 5.78. The molecule has 1 saturated carbocycles. The van der Waals surface area contributed by atoms with E-state index in [1.807, 2.05) is 30.3 Å². The number of hydrogen-bond donors (Lipinski definition) is 1. The molecule has 3 nitrogen and oxygen atoms in total. The third-order valence-corrected chi connectivity index (χ3v) is 4.02. The third kappa shape index (κ3) is 1.17. The van der Waals surface area contributed by atoms with E-state index < -0.39 is 11.5 Å². The fourth-order valence-corrected chi connectivity index (χ4v) is 3.23. The SMILES string of the molecule is O=C(O)C12CCC(CN1c1ccccc1)C2. The Bertz CT molecular complexity index is 417. The van der Waals surface area contributed by atoms with Gasteiger partial charge < -0.3 is 10.0 Å². The van der Waals surface area contributed by atoms with Gasteiger partial charge in [-0.25, -0.2) is 4.79 Å². The first kappa shape index (κ1) is 9.70. The Hall–Kier alpha value is -1.51. The number of piperidine rings is 1. The molecule has 0 radical (unpaired) electrons. The van der Waals surface area contributed by atoms with E-state index in [9.17, 15) is 9.90 Å². The Morgan fingerprint density at radius 1 is 1.38 bits per heavy atom. The van der Waals surface area contributed by atoms with Gasteiger partial charge in [0, 0.05) is 12.2 Å². The molecule has 2 aliphatic rings. The molecule has 1 aromatic carbocycles. The molecular formula is C13H15NO2. The van der Waals surface area contributed by atoms with Crippen molar-refractivity contribution in [1.29, 1.82) is 0 Å². The average molecular weight is 217 g/mol. The van der Waals surface area contributed by atoms with Crippen LogP contribution in [0.2, 0.25) is 0 Å². The lowest BCUT2D eigenvalue weighted by molar-refractivity contribution is -0.142. The van der Waals surface area contributed by atoms with Gasteiger partial charge in [0.1, 0.15) is 5.54 Å². The Kier molecular flexibility index (Phi) is 1.96. The van der Waals surface area contributed by atoms with Crippen molar-refractivity contribution in [3.8, 4) is 0 Å². The van der Waals surface area contributed by atoms with Crippen LogP contribution in [0, 0.1) is 5.92 Å². The summed E-state index contributed by atoms with van der Waals surface area (Å²) in [5.74, 6) is -0.0901. The van der Waals surface area contributed by atoms with Crippen molar-refractivity contribution >= 4 is 11.7 Å². The van der Waals surface area contributed by atoms with Crippen LogP contribution in [0.15, 0.2) is 30.3 Å². The highest BCUT2D eigenvalue weighted by atomic mass is 16.4. The number of para-hydroxylation sites is 1. The van der Waals surface area contributed by atoms with Gasteiger partial charge in [0.25, 0.3) is 0 Å². The first-order chi connectivity index (χ1) is 7.72. The van der Waals surface area contributed by atoms with Crippen LogP contribution in [-0.4, -0.2) is 23.2 Å². The summed E-state index contributed by atoms with van der Waals surface area (Å²) in [5.41, 5.74) is 0.429. The fraction of sp³-hybridized carbons (Fsp3) is 0.462. The van der Waals surface area contributed by atoms with Gasteiger partial charge in [-0.05, 0) is 37.3 Å². The highest BCUT2D eigenvalue weighted by molar-refractivity contribution is 5.85. The van der Waals surface area contributed by atoms with E-state index in [0.29, 0.717) is 5.92 Å². The molecule has 1 saturated heterocycles. The number of carbonyl (C=O) groups is 1. The first-order valence-corrected chi connectivity index (χ1v) is 5.78. The summed E-state index contributed by atoms with van der Waals surface area (Å²) in [6, 6.07) is 9.91. The molecule has 1 aromatic rings. The molecule has 0 aromatic heterocycles. The van der Waals surface area contributed by atoms with Crippen molar-refractivity contribution < 1.29 is 9.90 Å². The van der Waals surface area contributed by atoms with E-state index in [2.05, 4.69) is 4.90 Å². The molecule has 1 aliphatic carbocycles. The quantitative estimate of drug-likeness (QED) is 0.825. The van der Waals surface area contributed by atoms with Crippen molar-refractivity contribution in [2.24, 2.45) is 5.92 Å². The summed E-state index contributed by atoms with van der Waals surface area (Å²) in [4.78, 5) is 13.6. The molecule has 2 unspecified atom stereocenters. The Balaban J connectivity index is 2.00. The lowest BCUT2D eigenvalue weighted by Gasteiger charge is -2.37. The highest BCUT2D eigenvalue weighted by Gasteiger charge is 2.55. The van der Waals surface area contributed by atoms with E-state index in [1.165, 1.54) is 0 Å². The van der Waals surface area contributed by atoms with Crippen LogP contribution in [0.5, 0.6) is 0 Å². The minimum absolute atomic E-state index is 0.566. The Morgan fingerprint density at radius 3 is 2.75 bits per heavy atom. The molecule has 0 spiro atoms. The molecule has 2 atom stereocenters. The summed E-state index contributed by atoms with van der Waals surface area (Å²) < 4.78 is 0. The number of anilines is 1. The zero-order valence-electron chi connectivity index (χ0n) is 9.10. The van der Waals surface area contributed by atoms with Crippen LogP contribution in [0.1, 0.15) is 19.3 Å². The summed E-state index contributed by atoms with van der Waals surface area (Å²) in [7, 11) is 0. The van der Waals surface area contributed by atoms with Gasteiger partial charge in [0.15, 0.2) is 0 Å². The highest BCUT2D eigenvalue weighted by Crippen LogP contribution is 2.48. The molecule has 0 amide bonds. The van der Waals surface area contributed by atoms with Gasteiger partial charge in [0.2, 0.25) is 0 Å². The van der Waals surface area contributed by atoms with Crippen LogP contribution in [0.3, 0.4) is 0 Å². The van der Waals surface area contributed by atoms with E-state index in [-0.39, 0.29) is 0 Å². The smallest absolute Gasteiger partial charge is 0.329 e. The fourth-order valence-electron chi connectivity index (χ4n) is 3.23.